The first-order valence-electron chi connectivity index (χ1n) is 6.73. The summed E-state index contributed by atoms with van der Waals surface area (Å²) in [5.41, 5.74) is 0.796. The molecule has 0 radical (unpaired) electrons. The Morgan fingerprint density at radius 3 is 2.52 bits per heavy atom. The zero-order chi connectivity index (χ0) is 15.4. The highest BCUT2D eigenvalue weighted by Crippen LogP contribution is 2.38. The van der Waals surface area contributed by atoms with Crippen molar-refractivity contribution in [2.45, 2.75) is 12.5 Å². The van der Waals surface area contributed by atoms with Gasteiger partial charge in [-0.3, -0.25) is 9.59 Å². The number of carboxylic acid groups (broad SMARTS) is 1. The summed E-state index contributed by atoms with van der Waals surface area (Å²) < 4.78 is 10.1. The Hall–Kier alpha value is -2.08. The summed E-state index contributed by atoms with van der Waals surface area (Å²) in [4.78, 5) is 25.1. The summed E-state index contributed by atoms with van der Waals surface area (Å²) in [5.74, 6) is -1.15. The van der Waals surface area contributed by atoms with Crippen LogP contribution in [0.1, 0.15) is 18.0 Å². The number of hydrogen-bond acceptors (Lipinski definition) is 4. The molecule has 1 N–H and O–H groups in total. The summed E-state index contributed by atoms with van der Waals surface area (Å²) in [7, 11) is 3.12. The first kappa shape index (κ1) is 15.3. The molecule has 21 heavy (non-hydrogen) atoms. The monoisotopic (exact) mass is 293 g/mol. The number of rotatable bonds is 6. The van der Waals surface area contributed by atoms with Crippen molar-refractivity contribution in [1.29, 1.82) is 0 Å². The maximum absolute atomic E-state index is 12.1. The van der Waals surface area contributed by atoms with Crippen molar-refractivity contribution < 1.29 is 24.2 Å². The van der Waals surface area contributed by atoms with Crippen molar-refractivity contribution in [2.24, 2.45) is 5.92 Å². The molecule has 0 aliphatic carbocycles. The molecule has 2 atom stereocenters. The van der Waals surface area contributed by atoms with Crippen molar-refractivity contribution in [3.8, 4) is 5.75 Å². The van der Waals surface area contributed by atoms with Crippen molar-refractivity contribution in [2.75, 3.05) is 27.4 Å². The number of nitrogens with zero attached hydrogens (tertiary/aromatic N) is 1. The lowest BCUT2D eigenvalue weighted by molar-refractivity contribution is -0.142. The van der Waals surface area contributed by atoms with Crippen LogP contribution in [0.4, 0.5) is 0 Å². The lowest BCUT2D eigenvalue weighted by Gasteiger charge is -2.27. The molecule has 1 fully saturated rings. The van der Waals surface area contributed by atoms with Gasteiger partial charge < -0.3 is 19.5 Å². The summed E-state index contributed by atoms with van der Waals surface area (Å²) >= 11 is 0. The van der Waals surface area contributed by atoms with Crippen molar-refractivity contribution in [1.82, 2.24) is 4.90 Å². The average molecular weight is 293 g/mol. The van der Waals surface area contributed by atoms with E-state index < -0.39 is 17.9 Å². The van der Waals surface area contributed by atoms with Gasteiger partial charge in [0.1, 0.15) is 5.75 Å². The third-order valence-corrected chi connectivity index (χ3v) is 3.74. The van der Waals surface area contributed by atoms with Gasteiger partial charge in [0.05, 0.1) is 25.7 Å². The van der Waals surface area contributed by atoms with E-state index >= 15 is 0 Å². The lowest BCUT2D eigenvalue weighted by Crippen LogP contribution is -2.33. The van der Waals surface area contributed by atoms with Crippen LogP contribution in [-0.4, -0.2) is 49.3 Å². The number of carboxylic acids is 1. The second kappa shape index (κ2) is 6.58. The fraction of sp³-hybridized carbons (Fsp3) is 0.467. The highest BCUT2D eigenvalue weighted by atomic mass is 16.5. The van der Waals surface area contributed by atoms with E-state index in [4.69, 9.17) is 9.47 Å². The van der Waals surface area contributed by atoms with Crippen molar-refractivity contribution in [3.63, 3.8) is 0 Å². The van der Waals surface area contributed by atoms with Gasteiger partial charge in [0.25, 0.3) is 0 Å². The van der Waals surface area contributed by atoms with E-state index in [1.165, 1.54) is 0 Å². The van der Waals surface area contributed by atoms with Crippen molar-refractivity contribution >= 4 is 11.9 Å². The standard InChI is InChI=1S/C15H19NO5/c1-20-8-7-16-13(17)9-12(15(18)19)14(16)10-3-5-11(21-2)6-4-10/h3-6,12,14H,7-9H2,1-2H3,(H,18,19)/t12-,14-/m0/s1. The second-order valence-electron chi connectivity index (χ2n) is 4.95. The van der Waals surface area contributed by atoms with Crippen LogP contribution < -0.4 is 4.74 Å². The molecule has 1 saturated heterocycles. The van der Waals surface area contributed by atoms with Crippen LogP contribution in [0.15, 0.2) is 24.3 Å². The van der Waals surface area contributed by atoms with Gasteiger partial charge in [-0.2, -0.15) is 0 Å². The van der Waals surface area contributed by atoms with Crippen LogP contribution in [0, 0.1) is 5.92 Å². The van der Waals surface area contributed by atoms with Gasteiger partial charge in [-0.15, -0.1) is 0 Å². The largest absolute Gasteiger partial charge is 0.497 e. The molecule has 1 amide bonds. The molecule has 0 spiro atoms. The quantitative estimate of drug-likeness (QED) is 0.856. The third-order valence-electron chi connectivity index (χ3n) is 3.74. The van der Waals surface area contributed by atoms with Crippen LogP contribution in [0.3, 0.4) is 0 Å². The van der Waals surface area contributed by atoms with Crippen LogP contribution in [-0.2, 0) is 14.3 Å². The molecule has 1 aromatic rings. The fourth-order valence-corrected chi connectivity index (χ4v) is 2.68. The number of amides is 1. The van der Waals surface area contributed by atoms with Crippen molar-refractivity contribution in [3.05, 3.63) is 29.8 Å². The maximum atomic E-state index is 12.1. The molecule has 1 aliphatic heterocycles. The molecule has 1 aromatic carbocycles. The Kier molecular flexibility index (Phi) is 4.80. The zero-order valence-corrected chi connectivity index (χ0v) is 12.1. The predicted octanol–water partition coefficient (Wildman–Crippen LogP) is 1.32. The fourth-order valence-electron chi connectivity index (χ4n) is 2.68. The minimum Gasteiger partial charge on any atom is -0.497 e. The SMILES string of the molecule is COCCN1C(=O)C[C@H](C(=O)O)[C@@H]1c1ccc(OC)cc1. The summed E-state index contributed by atoms with van der Waals surface area (Å²) in [5, 5.41) is 9.37. The van der Waals surface area contributed by atoms with E-state index in [0.717, 1.165) is 5.56 Å². The molecular formula is C15H19NO5. The predicted molar refractivity (Wildman–Crippen MR) is 75.1 cm³/mol. The smallest absolute Gasteiger partial charge is 0.309 e. The molecule has 0 bridgehead atoms. The van der Waals surface area contributed by atoms with Crippen LogP contribution in [0.25, 0.3) is 0 Å². The van der Waals surface area contributed by atoms with E-state index in [9.17, 15) is 14.7 Å². The molecule has 2 rings (SSSR count). The first-order chi connectivity index (χ1) is 10.1. The molecular weight excluding hydrogens is 274 g/mol. The summed E-state index contributed by atoms with van der Waals surface area (Å²) in [6.45, 7) is 0.764. The summed E-state index contributed by atoms with van der Waals surface area (Å²) in [6.07, 6.45) is 0.0236. The molecule has 114 valence electrons. The molecule has 1 heterocycles. The number of aliphatic carboxylic acids is 1. The molecule has 1 aliphatic rings. The van der Waals surface area contributed by atoms with Gasteiger partial charge in [-0.1, -0.05) is 12.1 Å². The Bertz CT molecular complexity index is 513. The minimum absolute atomic E-state index is 0.0236. The normalized spacial score (nSPS) is 21.6. The van der Waals surface area contributed by atoms with E-state index in [1.54, 1.807) is 43.4 Å². The molecule has 6 nitrogen and oxygen atoms in total. The van der Waals surface area contributed by atoms with Gasteiger partial charge in [-0.05, 0) is 17.7 Å². The molecule has 6 heteroatoms. The topological polar surface area (TPSA) is 76.1 Å². The molecule has 0 unspecified atom stereocenters. The van der Waals surface area contributed by atoms with Gasteiger partial charge in [0.15, 0.2) is 0 Å². The number of ether oxygens (including phenoxy) is 2. The first-order valence-corrected chi connectivity index (χ1v) is 6.73. The van der Waals surface area contributed by atoms with Gasteiger partial charge in [0, 0.05) is 20.1 Å². The highest BCUT2D eigenvalue weighted by Gasteiger charge is 2.44. The number of likely N-dealkylation sites (tertiary alicyclic amines) is 1. The van der Waals surface area contributed by atoms with E-state index in [2.05, 4.69) is 0 Å². The Morgan fingerprint density at radius 1 is 1.33 bits per heavy atom. The molecule has 0 aromatic heterocycles. The van der Waals surface area contributed by atoms with Crippen LogP contribution in [0.2, 0.25) is 0 Å². The minimum atomic E-state index is -0.955. The third kappa shape index (κ3) is 3.16. The Morgan fingerprint density at radius 2 is 2.00 bits per heavy atom. The highest BCUT2D eigenvalue weighted by molar-refractivity contribution is 5.87. The lowest BCUT2D eigenvalue weighted by atomic mass is 9.93. The van der Waals surface area contributed by atoms with E-state index in [-0.39, 0.29) is 12.3 Å². The van der Waals surface area contributed by atoms with Gasteiger partial charge in [-0.25, -0.2) is 0 Å². The number of carbonyl (C=O) groups is 2. The zero-order valence-electron chi connectivity index (χ0n) is 12.1. The maximum Gasteiger partial charge on any atom is 0.309 e. The van der Waals surface area contributed by atoms with Gasteiger partial charge >= 0.3 is 5.97 Å². The number of methoxy groups -OCH3 is 2. The van der Waals surface area contributed by atoms with E-state index in [1.807, 2.05) is 0 Å². The van der Waals surface area contributed by atoms with E-state index in [0.29, 0.717) is 18.9 Å². The van der Waals surface area contributed by atoms with Crippen LogP contribution in [0.5, 0.6) is 5.75 Å². The number of benzene rings is 1. The average Bonchev–Trinajstić information content (AvgIpc) is 2.82. The number of carbonyl (C=O) groups excluding carboxylic acids is 1. The second-order valence-corrected chi connectivity index (χ2v) is 4.95. The Labute approximate surface area is 123 Å². The Balaban J connectivity index is 2.31. The summed E-state index contributed by atoms with van der Waals surface area (Å²) in [6, 6.07) is 6.68. The van der Waals surface area contributed by atoms with Gasteiger partial charge in [0.2, 0.25) is 5.91 Å². The molecule has 0 saturated carbocycles. The number of hydrogen-bond donors (Lipinski definition) is 1. The van der Waals surface area contributed by atoms with Crippen LogP contribution >= 0.6 is 0 Å².